The summed E-state index contributed by atoms with van der Waals surface area (Å²) in [4.78, 5) is 11.9. The molecule has 7 heteroatoms. The molecule has 2 aromatic rings. The van der Waals surface area contributed by atoms with Gasteiger partial charge in [-0.3, -0.25) is 4.79 Å². The van der Waals surface area contributed by atoms with Gasteiger partial charge in [0.2, 0.25) is 0 Å². The van der Waals surface area contributed by atoms with Gasteiger partial charge >= 0.3 is 0 Å². The van der Waals surface area contributed by atoms with E-state index in [-0.39, 0.29) is 15.7 Å². The van der Waals surface area contributed by atoms with E-state index in [1.54, 1.807) is 0 Å². The molecule has 0 aliphatic heterocycles. The summed E-state index contributed by atoms with van der Waals surface area (Å²) in [5.74, 6) is -3.32. The fourth-order valence-corrected chi connectivity index (χ4v) is 1.98. The Labute approximate surface area is 120 Å². The third kappa shape index (κ3) is 2.93. The van der Waals surface area contributed by atoms with Crippen molar-refractivity contribution in [2.45, 2.75) is 0 Å². The Morgan fingerprint density at radius 1 is 1.10 bits per heavy atom. The molecule has 104 valence electrons. The van der Waals surface area contributed by atoms with Crippen LogP contribution in [0.1, 0.15) is 10.4 Å². The predicted octanol–water partition coefficient (Wildman–Crippen LogP) is 3.70. The van der Waals surface area contributed by atoms with Crippen LogP contribution in [0.3, 0.4) is 0 Å². The molecule has 0 atom stereocenters. The Balaban J connectivity index is 2.33. The first-order valence-electron chi connectivity index (χ1n) is 5.39. The monoisotopic (exact) mass is 344 g/mol. The molecule has 2 rings (SSSR count). The fraction of sp³-hybridized carbons (Fsp3) is 0. The van der Waals surface area contributed by atoms with Crippen molar-refractivity contribution in [1.82, 2.24) is 0 Å². The summed E-state index contributed by atoms with van der Waals surface area (Å²) >= 11 is 2.92. The number of hydrogen-bond acceptors (Lipinski definition) is 2. The summed E-state index contributed by atoms with van der Waals surface area (Å²) in [5.41, 5.74) is 4.68. The first-order valence-corrected chi connectivity index (χ1v) is 6.18. The molecule has 0 unspecified atom stereocenters. The molecule has 0 aliphatic rings. The van der Waals surface area contributed by atoms with Crippen molar-refractivity contribution in [3.8, 4) is 0 Å². The molecule has 0 bridgehead atoms. The van der Waals surface area contributed by atoms with Crippen molar-refractivity contribution >= 4 is 33.2 Å². The zero-order valence-corrected chi connectivity index (χ0v) is 11.5. The van der Waals surface area contributed by atoms with E-state index in [9.17, 15) is 18.0 Å². The number of halogens is 4. The highest BCUT2D eigenvalue weighted by Crippen LogP contribution is 2.25. The van der Waals surface area contributed by atoms with E-state index in [1.165, 1.54) is 0 Å². The molecule has 3 N–H and O–H groups in total. The smallest absolute Gasteiger partial charge is 0.257 e. The lowest BCUT2D eigenvalue weighted by atomic mass is 10.1. The first-order chi connectivity index (χ1) is 9.38. The second-order valence-electron chi connectivity index (χ2n) is 3.93. The molecular weight excluding hydrogens is 337 g/mol. The number of nitrogens with two attached hydrogens (primary N) is 1. The summed E-state index contributed by atoms with van der Waals surface area (Å²) in [6.07, 6.45) is 0. The number of carbonyl (C=O) groups excluding carboxylic acids is 1. The summed E-state index contributed by atoms with van der Waals surface area (Å²) in [6, 6.07) is 5.12. The lowest BCUT2D eigenvalue weighted by Crippen LogP contribution is -2.16. The molecule has 2 aromatic carbocycles. The van der Waals surface area contributed by atoms with Crippen LogP contribution in [-0.4, -0.2) is 5.91 Å². The lowest BCUT2D eigenvalue weighted by Gasteiger charge is -2.09. The number of hydrogen-bond donors (Lipinski definition) is 2. The molecule has 0 aliphatic carbocycles. The summed E-state index contributed by atoms with van der Waals surface area (Å²) in [7, 11) is 0. The van der Waals surface area contributed by atoms with Crippen molar-refractivity contribution < 1.29 is 18.0 Å². The maximum absolute atomic E-state index is 13.6. The van der Waals surface area contributed by atoms with Crippen LogP contribution in [0.4, 0.5) is 24.5 Å². The van der Waals surface area contributed by atoms with Crippen LogP contribution in [0.15, 0.2) is 34.8 Å². The maximum atomic E-state index is 13.6. The number of carbonyl (C=O) groups is 1. The normalized spacial score (nSPS) is 10.4. The van der Waals surface area contributed by atoms with Crippen LogP contribution in [0.5, 0.6) is 0 Å². The van der Waals surface area contributed by atoms with Gasteiger partial charge in [0.15, 0.2) is 11.6 Å². The highest BCUT2D eigenvalue weighted by Gasteiger charge is 2.16. The molecule has 0 heterocycles. The summed E-state index contributed by atoms with van der Waals surface area (Å²) < 4.78 is 40.2. The first kappa shape index (κ1) is 14.4. The molecule has 0 spiro atoms. The van der Waals surface area contributed by atoms with Gasteiger partial charge in [-0.15, -0.1) is 0 Å². The van der Waals surface area contributed by atoms with Crippen molar-refractivity contribution in [3.05, 3.63) is 57.8 Å². The lowest BCUT2D eigenvalue weighted by molar-refractivity contribution is 0.102. The van der Waals surface area contributed by atoms with E-state index in [0.717, 1.165) is 30.3 Å². The van der Waals surface area contributed by atoms with Crippen LogP contribution in [0.2, 0.25) is 0 Å². The Morgan fingerprint density at radius 2 is 1.70 bits per heavy atom. The Bertz CT molecular complexity index is 668. The predicted molar refractivity (Wildman–Crippen MR) is 72.8 cm³/mol. The largest absolute Gasteiger partial charge is 0.398 e. The van der Waals surface area contributed by atoms with Crippen molar-refractivity contribution in [3.63, 3.8) is 0 Å². The van der Waals surface area contributed by atoms with E-state index < -0.39 is 29.0 Å². The maximum Gasteiger partial charge on any atom is 0.257 e. The van der Waals surface area contributed by atoms with Gasteiger partial charge in [-0.1, -0.05) is 15.9 Å². The molecule has 0 saturated carbocycles. The van der Waals surface area contributed by atoms with Crippen molar-refractivity contribution in [2.75, 3.05) is 11.1 Å². The zero-order chi connectivity index (χ0) is 14.9. The van der Waals surface area contributed by atoms with Crippen LogP contribution < -0.4 is 11.1 Å². The number of anilines is 2. The van der Waals surface area contributed by atoms with E-state index >= 15 is 0 Å². The molecule has 0 radical (unpaired) electrons. The van der Waals surface area contributed by atoms with E-state index in [2.05, 4.69) is 21.2 Å². The Kier molecular flexibility index (Phi) is 3.99. The van der Waals surface area contributed by atoms with Crippen LogP contribution in [-0.2, 0) is 0 Å². The number of rotatable bonds is 2. The fourth-order valence-electron chi connectivity index (χ4n) is 1.58. The average Bonchev–Trinajstić information content (AvgIpc) is 2.33. The van der Waals surface area contributed by atoms with Gasteiger partial charge in [0.25, 0.3) is 5.91 Å². The molecule has 0 fully saturated rings. The zero-order valence-electron chi connectivity index (χ0n) is 9.88. The molecule has 3 nitrogen and oxygen atoms in total. The number of benzene rings is 2. The van der Waals surface area contributed by atoms with E-state index in [0.29, 0.717) is 0 Å². The highest BCUT2D eigenvalue weighted by atomic mass is 79.9. The minimum absolute atomic E-state index is 0.0758. The van der Waals surface area contributed by atoms with Crippen molar-refractivity contribution in [2.24, 2.45) is 0 Å². The third-order valence-electron chi connectivity index (χ3n) is 2.50. The van der Waals surface area contributed by atoms with E-state index in [1.807, 2.05) is 0 Å². The van der Waals surface area contributed by atoms with Gasteiger partial charge in [-0.2, -0.15) is 0 Å². The van der Waals surface area contributed by atoms with Gasteiger partial charge in [-0.25, -0.2) is 13.2 Å². The molecular formula is C13H8BrF3N2O. The highest BCUT2D eigenvalue weighted by molar-refractivity contribution is 9.10. The quantitative estimate of drug-likeness (QED) is 0.816. The Hall–Kier alpha value is -2.02. The van der Waals surface area contributed by atoms with Crippen LogP contribution >= 0.6 is 15.9 Å². The topological polar surface area (TPSA) is 55.1 Å². The summed E-state index contributed by atoms with van der Waals surface area (Å²) in [6.45, 7) is 0. The standard InChI is InChI=1S/C13H8BrF3N2O/c14-6-3-9(16)12(10(17)4-6)19-13(20)8-2-1-7(15)5-11(8)18/h1-5H,18H2,(H,19,20). The molecule has 1 amide bonds. The minimum atomic E-state index is -0.939. The van der Waals surface area contributed by atoms with Gasteiger partial charge in [0.05, 0.1) is 5.56 Å². The second kappa shape index (κ2) is 5.54. The third-order valence-corrected chi connectivity index (χ3v) is 2.96. The summed E-state index contributed by atoms with van der Waals surface area (Å²) in [5, 5.41) is 2.07. The number of nitrogen functional groups attached to an aromatic ring is 1. The van der Waals surface area contributed by atoms with Crippen LogP contribution in [0, 0.1) is 17.5 Å². The Morgan fingerprint density at radius 3 is 2.25 bits per heavy atom. The van der Waals surface area contributed by atoms with Crippen LogP contribution in [0.25, 0.3) is 0 Å². The number of amides is 1. The molecule has 0 aromatic heterocycles. The SMILES string of the molecule is Nc1cc(F)ccc1C(=O)Nc1c(F)cc(Br)cc1F. The van der Waals surface area contributed by atoms with Gasteiger partial charge < -0.3 is 11.1 Å². The van der Waals surface area contributed by atoms with Crippen molar-refractivity contribution in [1.29, 1.82) is 0 Å². The molecule has 0 saturated heterocycles. The number of nitrogens with one attached hydrogen (secondary N) is 1. The van der Waals surface area contributed by atoms with E-state index in [4.69, 9.17) is 5.73 Å². The van der Waals surface area contributed by atoms with Gasteiger partial charge in [0, 0.05) is 10.2 Å². The van der Waals surface area contributed by atoms with Gasteiger partial charge in [-0.05, 0) is 30.3 Å². The second-order valence-corrected chi connectivity index (χ2v) is 4.85. The minimum Gasteiger partial charge on any atom is -0.398 e. The van der Waals surface area contributed by atoms with Gasteiger partial charge in [0.1, 0.15) is 11.5 Å². The molecule has 20 heavy (non-hydrogen) atoms. The average molecular weight is 345 g/mol.